The van der Waals surface area contributed by atoms with Crippen LogP contribution in [0.2, 0.25) is 0 Å². The molecule has 2 fully saturated rings. The summed E-state index contributed by atoms with van der Waals surface area (Å²) in [5, 5.41) is 9.92. The second kappa shape index (κ2) is 5.30. The van der Waals surface area contributed by atoms with Crippen LogP contribution in [0.15, 0.2) is 10.6 Å². The first-order valence-electron chi connectivity index (χ1n) is 6.87. The monoisotopic (exact) mass is 264 g/mol. The van der Waals surface area contributed by atoms with Crippen LogP contribution >= 0.6 is 0 Å². The van der Waals surface area contributed by atoms with Crippen LogP contribution in [0.1, 0.15) is 12.1 Å². The highest BCUT2D eigenvalue weighted by molar-refractivity contribution is 5.90. The molecule has 19 heavy (non-hydrogen) atoms. The van der Waals surface area contributed by atoms with Gasteiger partial charge in [-0.3, -0.25) is 15.0 Å². The van der Waals surface area contributed by atoms with Gasteiger partial charge in [-0.05, 0) is 44.8 Å². The number of carbonyl (C=O) groups excluding carboxylic acids is 1. The molecule has 0 bridgehead atoms. The number of aromatic nitrogens is 1. The SMILES string of the molecule is Cc1cc(NC(=O)CN2CCC3CNCC3C2)on1. The molecule has 6 heteroatoms. The zero-order chi connectivity index (χ0) is 13.2. The Balaban J connectivity index is 1.49. The van der Waals surface area contributed by atoms with Crippen molar-refractivity contribution in [2.75, 3.05) is 38.0 Å². The van der Waals surface area contributed by atoms with E-state index in [-0.39, 0.29) is 5.91 Å². The van der Waals surface area contributed by atoms with Crippen molar-refractivity contribution in [3.8, 4) is 0 Å². The maximum Gasteiger partial charge on any atom is 0.240 e. The molecule has 1 amide bonds. The summed E-state index contributed by atoms with van der Waals surface area (Å²) < 4.78 is 4.98. The number of carbonyl (C=O) groups is 1. The molecule has 0 aliphatic carbocycles. The van der Waals surface area contributed by atoms with Crippen LogP contribution in [0.3, 0.4) is 0 Å². The Morgan fingerprint density at radius 2 is 2.42 bits per heavy atom. The molecule has 0 spiro atoms. The lowest BCUT2D eigenvalue weighted by atomic mass is 9.89. The maximum absolute atomic E-state index is 11.9. The average molecular weight is 264 g/mol. The van der Waals surface area contributed by atoms with E-state index in [1.807, 2.05) is 6.92 Å². The summed E-state index contributed by atoms with van der Waals surface area (Å²) in [6.07, 6.45) is 1.19. The van der Waals surface area contributed by atoms with E-state index < -0.39 is 0 Å². The predicted molar refractivity (Wildman–Crippen MR) is 70.8 cm³/mol. The number of hydrogen-bond donors (Lipinski definition) is 2. The molecule has 2 aliphatic rings. The van der Waals surface area contributed by atoms with Crippen LogP contribution in [0.25, 0.3) is 0 Å². The molecule has 1 aromatic heterocycles. The fraction of sp³-hybridized carbons (Fsp3) is 0.692. The third-order valence-electron chi connectivity index (χ3n) is 4.05. The van der Waals surface area contributed by atoms with Gasteiger partial charge in [-0.2, -0.15) is 0 Å². The van der Waals surface area contributed by atoms with Crippen LogP contribution in [0.5, 0.6) is 0 Å². The first-order chi connectivity index (χ1) is 9.20. The van der Waals surface area contributed by atoms with E-state index in [0.29, 0.717) is 18.3 Å². The number of nitrogens with one attached hydrogen (secondary N) is 2. The van der Waals surface area contributed by atoms with Crippen LogP contribution in [-0.4, -0.2) is 48.7 Å². The second-order valence-corrected chi connectivity index (χ2v) is 5.58. The van der Waals surface area contributed by atoms with E-state index in [9.17, 15) is 4.79 Å². The molecule has 0 radical (unpaired) electrons. The van der Waals surface area contributed by atoms with Gasteiger partial charge in [0.1, 0.15) is 0 Å². The van der Waals surface area contributed by atoms with Crippen LogP contribution in [0.4, 0.5) is 5.88 Å². The number of aryl methyl sites for hydroxylation is 1. The van der Waals surface area contributed by atoms with Crippen molar-refractivity contribution in [2.45, 2.75) is 13.3 Å². The van der Waals surface area contributed by atoms with E-state index in [1.54, 1.807) is 6.07 Å². The molecule has 0 aromatic carbocycles. The molecule has 2 aliphatic heterocycles. The summed E-state index contributed by atoms with van der Waals surface area (Å²) in [5.41, 5.74) is 0.771. The molecule has 2 N–H and O–H groups in total. The Labute approximate surface area is 112 Å². The van der Waals surface area contributed by atoms with Gasteiger partial charge in [0.05, 0.1) is 12.2 Å². The summed E-state index contributed by atoms with van der Waals surface area (Å²) in [7, 11) is 0. The minimum atomic E-state index is -0.0273. The zero-order valence-electron chi connectivity index (χ0n) is 11.2. The van der Waals surface area contributed by atoms with E-state index in [4.69, 9.17) is 4.52 Å². The first kappa shape index (κ1) is 12.6. The number of fused-ring (bicyclic) bond motifs is 1. The van der Waals surface area contributed by atoms with Crippen LogP contribution in [0, 0.1) is 18.8 Å². The number of likely N-dealkylation sites (tertiary alicyclic amines) is 1. The molecule has 104 valence electrons. The Morgan fingerprint density at radius 1 is 1.58 bits per heavy atom. The molecule has 3 rings (SSSR count). The quantitative estimate of drug-likeness (QED) is 0.830. The highest BCUT2D eigenvalue weighted by Crippen LogP contribution is 2.26. The van der Waals surface area contributed by atoms with Gasteiger partial charge in [0, 0.05) is 12.6 Å². The Bertz CT molecular complexity index is 459. The van der Waals surface area contributed by atoms with Gasteiger partial charge in [0.2, 0.25) is 11.8 Å². The summed E-state index contributed by atoms with van der Waals surface area (Å²) in [6.45, 7) is 6.51. The smallest absolute Gasteiger partial charge is 0.240 e. The highest BCUT2D eigenvalue weighted by atomic mass is 16.5. The van der Waals surface area contributed by atoms with Crippen molar-refractivity contribution in [3.05, 3.63) is 11.8 Å². The third-order valence-corrected chi connectivity index (χ3v) is 4.05. The largest absolute Gasteiger partial charge is 0.338 e. The Hall–Kier alpha value is -1.40. The molecular weight excluding hydrogens is 244 g/mol. The molecule has 2 unspecified atom stereocenters. The van der Waals surface area contributed by atoms with Gasteiger partial charge in [0.15, 0.2) is 0 Å². The topological polar surface area (TPSA) is 70.4 Å². The Morgan fingerprint density at radius 3 is 3.21 bits per heavy atom. The number of hydrogen-bond acceptors (Lipinski definition) is 5. The number of piperidine rings is 1. The maximum atomic E-state index is 11.9. The fourth-order valence-electron chi connectivity index (χ4n) is 3.06. The lowest BCUT2D eigenvalue weighted by Crippen LogP contribution is -2.43. The first-order valence-corrected chi connectivity index (χ1v) is 6.87. The van der Waals surface area contributed by atoms with Crippen molar-refractivity contribution in [2.24, 2.45) is 11.8 Å². The number of nitrogens with zero attached hydrogens (tertiary/aromatic N) is 2. The molecular formula is C13H20N4O2. The molecule has 6 nitrogen and oxygen atoms in total. The van der Waals surface area contributed by atoms with Crippen molar-refractivity contribution < 1.29 is 9.32 Å². The van der Waals surface area contributed by atoms with E-state index in [0.717, 1.165) is 37.8 Å². The van der Waals surface area contributed by atoms with Crippen molar-refractivity contribution in [1.82, 2.24) is 15.4 Å². The fourth-order valence-corrected chi connectivity index (χ4v) is 3.06. The normalized spacial score (nSPS) is 27.2. The van der Waals surface area contributed by atoms with Crippen LogP contribution < -0.4 is 10.6 Å². The number of amides is 1. The van der Waals surface area contributed by atoms with Gasteiger partial charge >= 0.3 is 0 Å². The molecule has 2 atom stereocenters. The number of rotatable bonds is 3. The van der Waals surface area contributed by atoms with Gasteiger partial charge in [-0.15, -0.1) is 0 Å². The van der Waals surface area contributed by atoms with E-state index >= 15 is 0 Å². The highest BCUT2D eigenvalue weighted by Gasteiger charge is 2.33. The van der Waals surface area contributed by atoms with E-state index in [2.05, 4.69) is 20.7 Å². The minimum Gasteiger partial charge on any atom is -0.338 e. The summed E-state index contributed by atoms with van der Waals surface area (Å²) in [6, 6.07) is 1.73. The van der Waals surface area contributed by atoms with Crippen molar-refractivity contribution >= 4 is 11.8 Å². The Kier molecular flexibility index (Phi) is 3.52. The summed E-state index contributed by atoms with van der Waals surface area (Å²) >= 11 is 0. The zero-order valence-corrected chi connectivity index (χ0v) is 11.2. The molecule has 0 saturated carbocycles. The van der Waals surface area contributed by atoms with Gasteiger partial charge in [-0.25, -0.2) is 0 Å². The second-order valence-electron chi connectivity index (χ2n) is 5.58. The molecule has 2 saturated heterocycles. The molecule has 1 aromatic rings. The van der Waals surface area contributed by atoms with Crippen molar-refractivity contribution in [3.63, 3.8) is 0 Å². The lowest BCUT2D eigenvalue weighted by molar-refractivity contribution is -0.118. The van der Waals surface area contributed by atoms with Crippen molar-refractivity contribution in [1.29, 1.82) is 0 Å². The third kappa shape index (κ3) is 2.96. The summed E-state index contributed by atoms with van der Waals surface area (Å²) in [4.78, 5) is 14.2. The van der Waals surface area contributed by atoms with Gasteiger partial charge in [0.25, 0.3) is 0 Å². The van der Waals surface area contributed by atoms with Crippen LogP contribution in [-0.2, 0) is 4.79 Å². The molecule has 3 heterocycles. The predicted octanol–water partition coefficient (Wildman–Crippen LogP) is 0.463. The van der Waals surface area contributed by atoms with Gasteiger partial charge < -0.3 is 9.84 Å². The lowest BCUT2D eigenvalue weighted by Gasteiger charge is -2.33. The average Bonchev–Trinajstić information content (AvgIpc) is 2.97. The standard InChI is InChI=1S/C13H20N4O2/c1-9-4-13(19-16-9)15-12(18)8-17-3-2-10-5-14-6-11(10)7-17/h4,10-11,14H,2-3,5-8H2,1H3,(H,15,18). The summed E-state index contributed by atoms with van der Waals surface area (Å²) in [5.74, 6) is 1.91. The minimum absolute atomic E-state index is 0.0273. The van der Waals surface area contributed by atoms with E-state index in [1.165, 1.54) is 6.42 Å². The van der Waals surface area contributed by atoms with Gasteiger partial charge in [-0.1, -0.05) is 5.16 Å². The number of anilines is 1.